The summed E-state index contributed by atoms with van der Waals surface area (Å²) < 4.78 is 32.1. The van der Waals surface area contributed by atoms with Gasteiger partial charge in [0.15, 0.2) is 0 Å². The molecule has 0 aliphatic carbocycles. The van der Waals surface area contributed by atoms with Crippen molar-refractivity contribution >= 4 is 15.9 Å². The van der Waals surface area contributed by atoms with Crippen LogP contribution in [0.1, 0.15) is 12.5 Å². The molecule has 0 radical (unpaired) electrons. The van der Waals surface area contributed by atoms with Gasteiger partial charge in [-0.15, -0.1) is 6.58 Å². The predicted molar refractivity (Wildman–Crippen MR) is 80.7 cm³/mol. The number of nitrogens with one attached hydrogen (secondary N) is 2. The zero-order chi connectivity index (χ0) is 16.0. The number of carbonyl (C=O) groups excluding carboxylic acids is 1. The van der Waals surface area contributed by atoms with E-state index in [2.05, 4.69) is 16.6 Å². The first-order valence-electron chi connectivity index (χ1n) is 6.37. The van der Waals surface area contributed by atoms with Gasteiger partial charge >= 0.3 is 0 Å². The van der Waals surface area contributed by atoms with Crippen molar-refractivity contribution < 1.29 is 17.9 Å². The third kappa shape index (κ3) is 4.57. The predicted octanol–water partition coefficient (Wildman–Crippen LogP) is 0.973. The second-order valence-electron chi connectivity index (χ2n) is 4.53. The van der Waals surface area contributed by atoms with Gasteiger partial charge in [0.1, 0.15) is 10.6 Å². The Bertz CT molecular complexity index is 626. The highest BCUT2D eigenvalue weighted by Crippen LogP contribution is 2.24. The minimum atomic E-state index is -3.86. The summed E-state index contributed by atoms with van der Waals surface area (Å²) in [6, 6.07) is 3.92. The molecule has 0 saturated heterocycles. The molecule has 2 N–H and O–H groups in total. The number of rotatable bonds is 7. The van der Waals surface area contributed by atoms with Crippen LogP contribution in [0.15, 0.2) is 35.7 Å². The van der Waals surface area contributed by atoms with E-state index in [0.717, 1.165) is 5.56 Å². The van der Waals surface area contributed by atoms with Crippen molar-refractivity contribution in [1.82, 2.24) is 10.0 Å². The maximum Gasteiger partial charge on any atom is 0.244 e. The Hall–Kier alpha value is -1.86. The van der Waals surface area contributed by atoms with Crippen LogP contribution >= 0.6 is 0 Å². The molecule has 1 aromatic rings. The largest absolute Gasteiger partial charge is 0.495 e. The van der Waals surface area contributed by atoms with E-state index < -0.39 is 22.0 Å². The van der Waals surface area contributed by atoms with Crippen LogP contribution in [0, 0.1) is 6.92 Å². The van der Waals surface area contributed by atoms with E-state index in [0.29, 0.717) is 0 Å². The van der Waals surface area contributed by atoms with Crippen molar-refractivity contribution in [2.24, 2.45) is 0 Å². The number of methoxy groups -OCH3 is 1. The molecular formula is C14H20N2O4S. The van der Waals surface area contributed by atoms with Crippen molar-refractivity contribution in [2.75, 3.05) is 13.7 Å². The van der Waals surface area contributed by atoms with Crippen LogP contribution in [0.3, 0.4) is 0 Å². The van der Waals surface area contributed by atoms with Gasteiger partial charge in [-0.2, -0.15) is 4.72 Å². The molecule has 0 bridgehead atoms. The molecular weight excluding hydrogens is 292 g/mol. The zero-order valence-corrected chi connectivity index (χ0v) is 13.2. The maximum absolute atomic E-state index is 12.4. The first-order chi connectivity index (χ1) is 9.81. The Morgan fingerprint density at radius 2 is 2.14 bits per heavy atom. The Labute approximate surface area is 125 Å². The monoisotopic (exact) mass is 312 g/mol. The van der Waals surface area contributed by atoms with Crippen LogP contribution in [0.4, 0.5) is 0 Å². The number of ether oxygens (including phenoxy) is 1. The van der Waals surface area contributed by atoms with Gasteiger partial charge in [0.05, 0.1) is 13.2 Å². The fourth-order valence-corrected chi connectivity index (χ4v) is 3.13. The molecule has 7 heteroatoms. The second-order valence-corrected chi connectivity index (χ2v) is 6.21. The molecule has 1 atom stereocenters. The lowest BCUT2D eigenvalue weighted by Crippen LogP contribution is -2.44. The molecule has 1 amide bonds. The summed E-state index contributed by atoms with van der Waals surface area (Å²) in [4.78, 5) is 11.7. The van der Waals surface area contributed by atoms with E-state index in [9.17, 15) is 13.2 Å². The Balaban J connectivity index is 2.99. The fraction of sp³-hybridized carbons (Fsp3) is 0.357. The third-order valence-corrected chi connectivity index (χ3v) is 4.32. The van der Waals surface area contributed by atoms with Crippen LogP contribution in [0.5, 0.6) is 5.75 Å². The van der Waals surface area contributed by atoms with Gasteiger partial charge in [0.2, 0.25) is 15.9 Å². The van der Waals surface area contributed by atoms with E-state index in [-0.39, 0.29) is 17.2 Å². The molecule has 0 fully saturated rings. The summed E-state index contributed by atoms with van der Waals surface area (Å²) in [6.07, 6.45) is 1.52. The standard InChI is InChI=1S/C14H20N2O4S/c1-5-8-15-14(17)11(3)16-21(18,19)13-9-10(2)6-7-12(13)20-4/h5-7,9,11,16H,1,8H2,2-4H3,(H,15,17). The number of amides is 1. The van der Waals surface area contributed by atoms with E-state index in [1.54, 1.807) is 19.1 Å². The topological polar surface area (TPSA) is 84.5 Å². The van der Waals surface area contributed by atoms with Crippen LogP contribution in [-0.2, 0) is 14.8 Å². The molecule has 21 heavy (non-hydrogen) atoms. The molecule has 0 aliphatic heterocycles. The first-order valence-corrected chi connectivity index (χ1v) is 7.85. The Morgan fingerprint density at radius 1 is 1.48 bits per heavy atom. The molecule has 116 valence electrons. The van der Waals surface area contributed by atoms with Crippen LogP contribution < -0.4 is 14.8 Å². The first kappa shape index (κ1) is 17.2. The lowest BCUT2D eigenvalue weighted by atomic mass is 10.2. The van der Waals surface area contributed by atoms with Crippen molar-refractivity contribution in [3.8, 4) is 5.75 Å². The van der Waals surface area contributed by atoms with E-state index in [1.807, 2.05) is 0 Å². The number of benzene rings is 1. The highest BCUT2D eigenvalue weighted by molar-refractivity contribution is 7.89. The van der Waals surface area contributed by atoms with Gasteiger partial charge in [-0.3, -0.25) is 4.79 Å². The third-order valence-electron chi connectivity index (χ3n) is 2.75. The molecule has 0 saturated carbocycles. The summed E-state index contributed by atoms with van der Waals surface area (Å²) in [5, 5.41) is 2.53. The lowest BCUT2D eigenvalue weighted by molar-refractivity contribution is -0.122. The number of sulfonamides is 1. The molecule has 1 rings (SSSR count). The fourth-order valence-electron chi connectivity index (χ4n) is 1.67. The number of aryl methyl sites for hydroxylation is 1. The number of carbonyl (C=O) groups is 1. The summed E-state index contributed by atoms with van der Waals surface area (Å²) in [5.41, 5.74) is 0.778. The van der Waals surface area contributed by atoms with Crippen molar-refractivity contribution in [1.29, 1.82) is 0 Å². The van der Waals surface area contributed by atoms with E-state index in [4.69, 9.17) is 4.74 Å². The average molecular weight is 312 g/mol. The van der Waals surface area contributed by atoms with Crippen molar-refractivity contribution in [3.63, 3.8) is 0 Å². The lowest BCUT2D eigenvalue weighted by Gasteiger charge is -2.15. The number of hydrogen-bond donors (Lipinski definition) is 2. The van der Waals surface area contributed by atoms with Gasteiger partial charge < -0.3 is 10.1 Å². The van der Waals surface area contributed by atoms with Gasteiger partial charge in [0.25, 0.3) is 0 Å². The van der Waals surface area contributed by atoms with E-state index in [1.165, 1.54) is 26.2 Å². The smallest absolute Gasteiger partial charge is 0.244 e. The summed E-state index contributed by atoms with van der Waals surface area (Å²) in [7, 11) is -2.46. The van der Waals surface area contributed by atoms with E-state index >= 15 is 0 Å². The van der Waals surface area contributed by atoms with Gasteiger partial charge in [-0.25, -0.2) is 8.42 Å². The summed E-state index contributed by atoms with van der Waals surface area (Å²) in [5.74, 6) is -0.197. The van der Waals surface area contributed by atoms with Crippen LogP contribution in [0.2, 0.25) is 0 Å². The summed E-state index contributed by atoms with van der Waals surface area (Å²) in [6.45, 7) is 7.00. The molecule has 0 aromatic heterocycles. The number of hydrogen-bond acceptors (Lipinski definition) is 4. The minimum Gasteiger partial charge on any atom is -0.495 e. The average Bonchev–Trinajstić information content (AvgIpc) is 2.44. The van der Waals surface area contributed by atoms with Crippen molar-refractivity contribution in [3.05, 3.63) is 36.4 Å². The van der Waals surface area contributed by atoms with Crippen LogP contribution in [-0.4, -0.2) is 34.0 Å². The Kier molecular flexibility index (Phi) is 5.92. The highest BCUT2D eigenvalue weighted by Gasteiger charge is 2.24. The quantitative estimate of drug-likeness (QED) is 0.735. The zero-order valence-electron chi connectivity index (χ0n) is 12.3. The molecule has 1 unspecified atom stereocenters. The second kappa shape index (κ2) is 7.24. The molecule has 0 heterocycles. The normalized spacial score (nSPS) is 12.5. The Morgan fingerprint density at radius 3 is 2.71 bits per heavy atom. The molecule has 0 spiro atoms. The van der Waals surface area contributed by atoms with Gasteiger partial charge in [-0.1, -0.05) is 12.1 Å². The highest BCUT2D eigenvalue weighted by atomic mass is 32.2. The SMILES string of the molecule is C=CCNC(=O)C(C)NS(=O)(=O)c1cc(C)ccc1OC. The van der Waals surface area contributed by atoms with Crippen molar-refractivity contribution in [2.45, 2.75) is 24.8 Å². The molecule has 6 nitrogen and oxygen atoms in total. The van der Waals surface area contributed by atoms with Gasteiger partial charge in [-0.05, 0) is 31.5 Å². The molecule has 1 aromatic carbocycles. The van der Waals surface area contributed by atoms with Crippen LogP contribution in [0.25, 0.3) is 0 Å². The van der Waals surface area contributed by atoms with Gasteiger partial charge in [0, 0.05) is 6.54 Å². The minimum absolute atomic E-state index is 0.00775. The molecule has 0 aliphatic rings. The maximum atomic E-state index is 12.4. The summed E-state index contributed by atoms with van der Waals surface area (Å²) >= 11 is 0.